The van der Waals surface area contributed by atoms with E-state index in [0.717, 1.165) is 44.2 Å². The molecule has 3 aliphatic rings. The lowest BCUT2D eigenvalue weighted by molar-refractivity contribution is 0.256. The third-order valence-corrected chi connectivity index (χ3v) is 8.85. The Morgan fingerprint density at radius 2 is 1.69 bits per heavy atom. The molecule has 29 heavy (non-hydrogen) atoms. The molecule has 3 unspecified atom stereocenters. The number of hydrogen-bond donors (Lipinski definition) is 3. The summed E-state index contributed by atoms with van der Waals surface area (Å²) in [6.45, 7) is 0. The van der Waals surface area contributed by atoms with Gasteiger partial charge >= 0.3 is 6.03 Å². The summed E-state index contributed by atoms with van der Waals surface area (Å²) in [5.74, 6) is 0. The van der Waals surface area contributed by atoms with E-state index in [-0.39, 0.29) is 6.04 Å². The predicted molar refractivity (Wildman–Crippen MR) is 117 cm³/mol. The topological polar surface area (TPSA) is 111 Å². The van der Waals surface area contributed by atoms with Crippen molar-refractivity contribution in [3.8, 4) is 0 Å². The highest BCUT2D eigenvalue weighted by Crippen LogP contribution is 2.38. The molecule has 0 saturated heterocycles. The second-order valence-electron chi connectivity index (χ2n) is 8.77. The Morgan fingerprint density at radius 3 is 2.28 bits per heavy atom. The largest absolute Gasteiger partial charge is 0.331 e. The highest BCUT2D eigenvalue weighted by Gasteiger charge is 2.34. The van der Waals surface area contributed by atoms with Crippen LogP contribution in [0.1, 0.15) is 54.4 Å². The van der Waals surface area contributed by atoms with E-state index in [1.54, 1.807) is 12.5 Å². The molecule has 7 nitrogen and oxygen atoms in total. The molecule has 0 aliphatic heterocycles. The van der Waals surface area contributed by atoms with Gasteiger partial charge in [-0.2, -0.15) is 0 Å². The molecule has 3 atom stereocenters. The van der Waals surface area contributed by atoms with E-state index in [0.29, 0.717) is 19.3 Å². The van der Waals surface area contributed by atoms with Crippen LogP contribution in [0.3, 0.4) is 0 Å². The van der Waals surface area contributed by atoms with Gasteiger partial charge in [0.15, 0.2) is 0 Å². The van der Waals surface area contributed by atoms with E-state index in [1.165, 1.54) is 22.3 Å². The average Bonchev–Trinajstić information content (AvgIpc) is 3.31. The first kappa shape index (κ1) is 20.7. The number of carbonyl (C=O) groups excluding carboxylic acids is 1. The van der Waals surface area contributed by atoms with Crippen LogP contribution < -0.4 is 10.0 Å². The van der Waals surface area contributed by atoms with Crippen molar-refractivity contribution in [1.82, 2.24) is 4.72 Å². The third-order valence-electron chi connectivity index (χ3n) is 6.19. The fourth-order valence-electron chi connectivity index (χ4n) is 5.00. The molecular formula is C20H30N4O3S2. The van der Waals surface area contributed by atoms with Crippen LogP contribution in [-0.2, 0) is 45.3 Å². The molecular weight excluding hydrogens is 408 g/mol. The number of aryl methyl sites for hydroxylation is 2. The summed E-state index contributed by atoms with van der Waals surface area (Å²) in [5.41, 5.74) is 5.93. The number of anilines is 1. The normalized spacial score (nSPS) is 25.2. The zero-order valence-electron chi connectivity index (χ0n) is 17.1. The molecule has 0 bridgehead atoms. The maximum Gasteiger partial charge on any atom is 0.331 e. The van der Waals surface area contributed by atoms with Crippen molar-refractivity contribution in [3.05, 3.63) is 28.3 Å². The molecule has 0 radical (unpaired) electrons. The summed E-state index contributed by atoms with van der Waals surface area (Å²) in [4.78, 5) is 12.7. The Kier molecular flexibility index (Phi) is 5.40. The zero-order valence-corrected chi connectivity index (χ0v) is 18.7. The van der Waals surface area contributed by atoms with Gasteiger partial charge in [0, 0.05) is 27.9 Å². The molecule has 1 aromatic rings. The van der Waals surface area contributed by atoms with Crippen LogP contribution in [-0.4, -0.2) is 38.3 Å². The first-order valence-corrected chi connectivity index (χ1v) is 14.3. The molecule has 9 heteroatoms. The van der Waals surface area contributed by atoms with Gasteiger partial charge in [0.25, 0.3) is 0 Å². The first-order valence-electron chi connectivity index (χ1n) is 10.3. The van der Waals surface area contributed by atoms with Crippen molar-refractivity contribution in [2.24, 2.45) is 4.36 Å². The number of urea groups is 1. The van der Waals surface area contributed by atoms with E-state index in [2.05, 4.69) is 20.5 Å². The molecule has 1 fully saturated rings. The highest BCUT2D eigenvalue weighted by molar-refractivity contribution is 7.92. The summed E-state index contributed by atoms with van der Waals surface area (Å²) in [6.07, 6.45) is 11.0. The van der Waals surface area contributed by atoms with Crippen LogP contribution in [0.2, 0.25) is 0 Å². The Labute approximate surface area is 173 Å². The predicted octanol–water partition coefficient (Wildman–Crippen LogP) is 3.40. The molecule has 3 N–H and O–H groups in total. The van der Waals surface area contributed by atoms with Crippen LogP contribution >= 0.6 is 0 Å². The SMILES string of the molecule is CS(C)(=O)=NC1CCC(S(=N)(=O)NC(=O)Nc2c3c(cc4c2CCC4)CCC3)C1. The molecule has 3 aliphatic carbocycles. The van der Waals surface area contributed by atoms with Crippen LogP contribution in [0, 0.1) is 4.78 Å². The Bertz CT molecular complexity index is 1030. The van der Waals surface area contributed by atoms with Gasteiger partial charge in [-0.15, -0.1) is 0 Å². The van der Waals surface area contributed by atoms with Crippen molar-refractivity contribution in [3.63, 3.8) is 0 Å². The Balaban J connectivity index is 1.48. The number of benzene rings is 1. The number of fused-ring (bicyclic) bond motifs is 2. The van der Waals surface area contributed by atoms with Gasteiger partial charge in [0.1, 0.15) is 9.92 Å². The molecule has 0 heterocycles. The lowest BCUT2D eigenvalue weighted by atomic mass is 9.99. The zero-order chi connectivity index (χ0) is 20.8. The Hall–Kier alpha value is -1.61. The minimum absolute atomic E-state index is 0.154. The van der Waals surface area contributed by atoms with Crippen molar-refractivity contribution in [2.75, 3.05) is 17.8 Å². The molecule has 4 rings (SSSR count). The molecule has 1 aromatic carbocycles. The number of amides is 2. The standard InChI is InChI=1S/C20H30N4O3S2/c1-28(2,26)23-15-9-10-16(12-15)29(21,27)24-20(25)22-19-17-7-3-5-13(17)11-14-6-4-8-18(14)19/h11,15-16H,3-10,12H2,1-2H3,(H3,21,22,24,25,27). The van der Waals surface area contributed by atoms with Gasteiger partial charge in [-0.1, -0.05) is 6.07 Å². The van der Waals surface area contributed by atoms with Crippen molar-refractivity contribution < 1.29 is 13.2 Å². The lowest BCUT2D eigenvalue weighted by Crippen LogP contribution is -2.39. The minimum atomic E-state index is -3.31. The number of nitrogens with zero attached hydrogens (tertiary/aromatic N) is 1. The average molecular weight is 439 g/mol. The summed E-state index contributed by atoms with van der Waals surface area (Å²) < 4.78 is 39.9. The number of carbonyl (C=O) groups is 1. The van der Waals surface area contributed by atoms with Crippen molar-refractivity contribution >= 4 is 31.4 Å². The van der Waals surface area contributed by atoms with E-state index < -0.39 is 30.9 Å². The smallest absolute Gasteiger partial charge is 0.307 e. The quantitative estimate of drug-likeness (QED) is 0.670. The maximum absolute atomic E-state index is 12.9. The van der Waals surface area contributed by atoms with Gasteiger partial charge in [-0.25, -0.2) is 18.1 Å². The molecule has 1 saturated carbocycles. The van der Waals surface area contributed by atoms with E-state index in [9.17, 15) is 13.2 Å². The number of hydrogen-bond acceptors (Lipinski definition) is 5. The van der Waals surface area contributed by atoms with E-state index in [4.69, 9.17) is 4.78 Å². The summed E-state index contributed by atoms with van der Waals surface area (Å²) >= 11 is 0. The van der Waals surface area contributed by atoms with Crippen LogP contribution in [0.5, 0.6) is 0 Å². The number of rotatable bonds is 4. The monoisotopic (exact) mass is 438 g/mol. The van der Waals surface area contributed by atoms with Crippen molar-refractivity contribution in [1.29, 1.82) is 4.78 Å². The Morgan fingerprint density at radius 1 is 1.07 bits per heavy atom. The van der Waals surface area contributed by atoms with E-state index >= 15 is 0 Å². The van der Waals surface area contributed by atoms with Gasteiger partial charge in [-0.05, 0) is 80.0 Å². The molecule has 2 amide bonds. The summed E-state index contributed by atoms with van der Waals surface area (Å²) in [6, 6.07) is 1.58. The van der Waals surface area contributed by atoms with Crippen LogP contribution in [0.4, 0.5) is 10.5 Å². The fourth-order valence-corrected chi connectivity index (χ4v) is 7.36. The highest BCUT2D eigenvalue weighted by atomic mass is 32.2. The molecule has 160 valence electrons. The van der Waals surface area contributed by atoms with Gasteiger partial charge in [0.05, 0.1) is 11.3 Å². The van der Waals surface area contributed by atoms with Crippen LogP contribution in [0.25, 0.3) is 0 Å². The minimum Gasteiger partial charge on any atom is -0.307 e. The lowest BCUT2D eigenvalue weighted by Gasteiger charge is -2.19. The van der Waals surface area contributed by atoms with Gasteiger partial charge in [0.2, 0.25) is 0 Å². The van der Waals surface area contributed by atoms with Gasteiger partial charge in [-0.3, -0.25) is 8.93 Å². The molecule has 0 aromatic heterocycles. The third kappa shape index (κ3) is 4.45. The fraction of sp³-hybridized carbons (Fsp3) is 0.650. The van der Waals surface area contributed by atoms with Gasteiger partial charge < -0.3 is 5.32 Å². The number of nitrogens with one attached hydrogen (secondary N) is 3. The molecule has 0 spiro atoms. The second-order valence-corrected chi connectivity index (χ2v) is 13.4. The second kappa shape index (κ2) is 7.58. The van der Waals surface area contributed by atoms with E-state index in [1.807, 2.05) is 0 Å². The maximum atomic E-state index is 12.9. The first-order chi connectivity index (χ1) is 13.6. The van der Waals surface area contributed by atoms with Crippen molar-refractivity contribution in [2.45, 2.75) is 69.1 Å². The summed E-state index contributed by atoms with van der Waals surface area (Å²) in [7, 11) is -5.54. The summed E-state index contributed by atoms with van der Waals surface area (Å²) in [5, 5.41) is 2.49. The van der Waals surface area contributed by atoms with Crippen LogP contribution in [0.15, 0.2) is 10.4 Å².